The van der Waals surface area contributed by atoms with Gasteiger partial charge in [0, 0.05) is 0 Å². The lowest BCUT2D eigenvalue weighted by atomic mass is 10.5. The molecule has 0 spiro atoms. The van der Waals surface area contributed by atoms with Crippen LogP contribution < -0.4 is 11.1 Å². The molecule has 0 saturated heterocycles. The van der Waals surface area contributed by atoms with E-state index in [0.717, 1.165) is 0 Å². The molecule has 1 atom stereocenters. The Morgan fingerprint density at radius 3 is 2.75 bits per heavy atom. The van der Waals surface area contributed by atoms with E-state index < -0.39 is 5.85 Å². The molecule has 4 heteroatoms. The predicted octanol–water partition coefficient (Wildman–Crippen LogP) is -1.39. The van der Waals surface area contributed by atoms with Gasteiger partial charge in [0.05, 0.1) is 12.4 Å². The Morgan fingerprint density at radius 2 is 2.62 bits per heavy atom. The Hall–Kier alpha value is -0.610. The van der Waals surface area contributed by atoms with Crippen molar-refractivity contribution in [1.82, 2.24) is 5.32 Å². The molecule has 1 unspecified atom stereocenters. The summed E-state index contributed by atoms with van der Waals surface area (Å²) in [6, 6.07) is 0. The number of nitrogens with zero attached hydrogens (tertiary/aromatic N) is 1. The number of hydrogen-bond acceptors (Lipinski definition) is 4. The van der Waals surface area contributed by atoms with Crippen molar-refractivity contribution in [3.8, 4) is 0 Å². The second-order valence-corrected chi connectivity index (χ2v) is 1.93. The fourth-order valence-electron chi connectivity index (χ4n) is 0.627. The molecule has 0 aromatic heterocycles. The van der Waals surface area contributed by atoms with Crippen LogP contribution >= 0.6 is 0 Å². The van der Waals surface area contributed by atoms with Gasteiger partial charge in [0.15, 0.2) is 0 Å². The minimum absolute atomic E-state index is 0.318. The first-order valence-electron chi connectivity index (χ1n) is 2.42. The number of aliphatic hydroxyl groups is 1. The molecule has 0 aliphatic carbocycles. The Bertz CT molecular complexity index is 129. The summed E-state index contributed by atoms with van der Waals surface area (Å²) >= 11 is 0. The smallest absolute Gasteiger partial charge is 0.230 e. The molecule has 0 fully saturated rings. The van der Waals surface area contributed by atoms with Crippen molar-refractivity contribution in [2.45, 2.75) is 12.8 Å². The maximum absolute atomic E-state index is 8.89. The summed E-state index contributed by atoms with van der Waals surface area (Å²) in [6.45, 7) is 2.07. The lowest BCUT2D eigenvalue weighted by molar-refractivity contribution is 0.0710. The van der Waals surface area contributed by atoms with Crippen LogP contribution in [0, 0.1) is 0 Å². The van der Waals surface area contributed by atoms with Gasteiger partial charge in [0.25, 0.3) is 0 Å². The number of nitrogens with two attached hydrogens (primary N) is 1. The molecule has 1 rings (SSSR count). The Morgan fingerprint density at radius 1 is 2.00 bits per heavy atom. The lowest BCUT2D eigenvalue weighted by Gasteiger charge is -2.08. The van der Waals surface area contributed by atoms with Crippen molar-refractivity contribution < 1.29 is 5.11 Å². The van der Waals surface area contributed by atoms with E-state index >= 15 is 0 Å². The molecule has 0 bridgehead atoms. The van der Waals surface area contributed by atoms with Gasteiger partial charge in [-0.3, -0.25) is 5.73 Å². The van der Waals surface area contributed by atoms with E-state index in [1.165, 1.54) is 0 Å². The van der Waals surface area contributed by atoms with Crippen LogP contribution in [0.1, 0.15) is 6.92 Å². The Labute approximate surface area is 47.4 Å². The predicted molar refractivity (Wildman–Crippen MR) is 30.2 cm³/mol. The highest BCUT2D eigenvalue weighted by Gasteiger charge is 2.24. The van der Waals surface area contributed by atoms with Crippen LogP contribution in [-0.4, -0.2) is 23.3 Å². The van der Waals surface area contributed by atoms with Crippen molar-refractivity contribution in [1.29, 1.82) is 0 Å². The number of β-amino-alcohol motifs (C(OH)–C–C–N with tert-alkyl or cyclic N) is 1. The number of aliphatic imine (C=N–C) groups is 1. The maximum atomic E-state index is 8.89. The van der Waals surface area contributed by atoms with E-state index in [0.29, 0.717) is 12.4 Å². The average Bonchev–Trinajstić information content (AvgIpc) is 1.82. The normalized spacial score (nSPS) is 36.6. The van der Waals surface area contributed by atoms with Gasteiger partial charge in [-0.1, -0.05) is 0 Å². The van der Waals surface area contributed by atoms with Gasteiger partial charge in [0.1, 0.15) is 0 Å². The van der Waals surface area contributed by atoms with Crippen molar-refractivity contribution >= 4 is 5.84 Å². The van der Waals surface area contributed by atoms with E-state index in [-0.39, 0.29) is 0 Å². The topological polar surface area (TPSA) is 70.6 Å². The van der Waals surface area contributed by atoms with Crippen LogP contribution in [0.3, 0.4) is 0 Å². The summed E-state index contributed by atoms with van der Waals surface area (Å²) in [5, 5.41) is 11.7. The largest absolute Gasteiger partial charge is 0.368 e. The minimum Gasteiger partial charge on any atom is -0.368 e. The van der Waals surface area contributed by atoms with Crippen LogP contribution in [0.15, 0.2) is 4.99 Å². The van der Waals surface area contributed by atoms with Crippen LogP contribution in [0.2, 0.25) is 0 Å². The molecule has 1 heterocycles. The van der Waals surface area contributed by atoms with E-state index in [4.69, 9.17) is 10.8 Å². The molecule has 4 nitrogen and oxygen atoms in total. The van der Waals surface area contributed by atoms with Crippen molar-refractivity contribution in [2.75, 3.05) is 6.54 Å². The number of rotatable bonds is 0. The summed E-state index contributed by atoms with van der Waals surface area (Å²) < 4.78 is 0. The molecule has 1 aliphatic heterocycles. The van der Waals surface area contributed by atoms with E-state index in [1.807, 2.05) is 0 Å². The zero-order valence-electron chi connectivity index (χ0n) is 4.68. The third kappa shape index (κ3) is 0.962. The zero-order valence-corrected chi connectivity index (χ0v) is 4.68. The molecule has 0 amide bonds. The molecule has 8 heavy (non-hydrogen) atoms. The second kappa shape index (κ2) is 1.43. The summed E-state index contributed by atoms with van der Waals surface area (Å²) in [5.74, 6) is -0.667. The monoisotopic (exact) mass is 115 g/mol. The molecular formula is C4H9N3O. The molecule has 0 aromatic carbocycles. The number of amidine groups is 1. The van der Waals surface area contributed by atoms with E-state index in [2.05, 4.69) is 10.3 Å². The number of nitrogens with one attached hydrogen (secondary N) is 1. The van der Waals surface area contributed by atoms with Crippen LogP contribution in [0.5, 0.6) is 0 Å². The molecule has 0 radical (unpaired) electrons. The fraction of sp³-hybridized carbons (Fsp3) is 0.750. The highest BCUT2D eigenvalue weighted by molar-refractivity contribution is 5.81. The van der Waals surface area contributed by atoms with Crippen molar-refractivity contribution in [3.63, 3.8) is 0 Å². The fourth-order valence-corrected chi connectivity index (χ4v) is 0.627. The van der Waals surface area contributed by atoms with E-state index in [1.54, 1.807) is 6.92 Å². The van der Waals surface area contributed by atoms with Crippen LogP contribution in [0.4, 0.5) is 0 Å². The quantitative estimate of drug-likeness (QED) is 0.340. The second-order valence-electron chi connectivity index (χ2n) is 1.93. The standard InChI is InChI=1S/C4H9N3O/c1-3-6-2-4(5,8)7-3/h8H,2,5H2,1H3,(H,6,7). The molecular weight excluding hydrogens is 106 g/mol. The van der Waals surface area contributed by atoms with E-state index in [9.17, 15) is 0 Å². The summed E-state index contributed by atoms with van der Waals surface area (Å²) in [4.78, 5) is 3.66. The highest BCUT2D eigenvalue weighted by atomic mass is 16.3. The molecule has 1 aliphatic rings. The molecule has 0 saturated carbocycles. The Balaban J connectivity index is 2.67. The molecule has 0 aromatic rings. The minimum atomic E-state index is -1.36. The first-order chi connectivity index (χ1) is 3.60. The third-order valence-corrected chi connectivity index (χ3v) is 0.966. The average molecular weight is 115 g/mol. The first-order valence-corrected chi connectivity index (χ1v) is 2.42. The lowest BCUT2D eigenvalue weighted by Crippen LogP contribution is -2.41. The maximum Gasteiger partial charge on any atom is 0.230 e. The van der Waals surface area contributed by atoms with Crippen molar-refractivity contribution in [3.05, 3.63) is 0 Å². The Kier molecular flexibility index (Phi) is 0.988. The zero-order chi connectivity index (χ0) is 6.20. The van der Waals surface area contributed by atoms with Gasteiger partial charge in [-0.2, -0.15) is 0 Å². The van der Waals surface area contributed by atoms with Gasteiger partial charge in [-0.15, -0.1) is 0 Å². The van der Waals surface area contributed by atoms with Gasteiger partial charge in [-0.05, 0) is 6.92 Å². The van der Waals surface area contributed by atoms with Crippen molar-refractivity contribution in [2.24, 2.45) is 10.7 Å². The van der Waals surface area contributed by atoms with Gasteiger partial charge >= 0.3 is 0 Å². The summed E-state index contributed by atoms with van der Waals surface area (Å²) in [5.41, 5.74) is 5.17. The summed E-state index contributed by atoms with van der Waals surface area (Å²) in [7, 11) is 0. The first kappa shape index (κ1) is 5.53. The van der Waals surface area contributed by atoms with Gasteiger partial charge < -0.3 is 10.4 Å². The molecule has 4 N–H and O–H groups in total. The van der Waals surface area contributed by atoms with Crippen LogP contribution in [0.25, 0.3) is 0 Å². The molecule has 46 valence electrons. The van der Waals surface area contributed by atoms with Gasteiger partial charge in [-0.25, -0.2) is 4.99 Å². The third-order valence-electron chi connectivity index (χ3n) is 0.966. The summed E-state index contributed by atoms with van der Waals surface area (Å²) in [6.07, 6.45) is 0. The van der Waals surface area contributed by atoms with Crippen LogP contribution in [-0.2, 0) is 0 Å². The number of hydrogen-bond donors (Lipinski definition) is 3. The SMILES string of the molecule is CC1=NC(N)(O)CN1. The van der Waals surface area contributed by atoms with Gasteiger partial charge in [0.2, 0.25) is 5.85 Å². The highest BCUT2D eigenvalue weighted by Crippen LogP contribution is 2.00.